The fourth-order valence-corrected chi connectivity index (χ4v) is 3.21. The maximum Gasteiger partial charge on any atom is 0.229 e. The van der Waals surface area contributed by atoms with E-state index in [9.17, 15) is 9.90 Å². The minimum Gasteiger partial charge on any atom is -0.388 e. The van der Waals surface area contributed by atoms with E-state index in [0.717, 1.165) is 10.7 Å². The van der Waals surface area contributed by atoms with E-state index in [2.05, 4.69) is 4.98 Å². The molecule has 0 aliphatic carbocycles. The molecule has 1 aromatic heterocycles. The number of likely N-dealkylation sites (N-methyl/N-ethyl adjacent to an activating group) is 1. The fraction of sp³-hybridized carbons (Fsp3) is 0.692. The molecule has 5 nitrogen and oxygen atoms in total. The van der Waals surface area contributed by atoms with Gasteiger partial charge in [-0.2, -0.15) is 0 Å². The zero-order valence-corrected chi connectivity index (χ0v) is 13.0. The Kier molecular flexibility index (Phi) is 5.37. The third kappa shape index (κ3) is 4.15. The fourth-order valence-electron chi connectivity index (χ4n) is 2.19. The molecule has 1 aliphatic heterocycles. The van der Waals surface area contributed by atoms with E-state index in [4.69, 9.17) is 16.3 Å². The first-order valence-electron chi connectivity index (χ1n) is 6.56. The molecule has 1 aromatic rings. The van der Waals surface area contributed by atoms with Gasteiger partial charge in [0.2, 0.25) is 5.91 Å². The first-order valence-corrected chi connectivity index (χ1v) is 7.97. The number of hydrogen-bond donors (Lipinski definition) is 1. The standard InChI is InChI=1S/C13H19ClN2O3S/c1-16(9-13(18)2-4-19-5-3-13)12(17)6-11-15-10(7-14)8-20-11/h8,18H,2-7,9H2,1H3. The number of halogens is 1. The molecular formula is C13H19ClN2O3S. The Bertz CT molecular complexity index is 460. The number of rotatable bonds is 5. The Balaban J connectivity index is 1.88. The quantitative estimate of drug-likeness (QED) is 0.834. The maximum atomic E-state index is 12.1. The highest BCUT2D eigenvalue weighted by Gasteiger charge is 2.32. The van der Waals surface area contributed by atoms with Crippen molar-refractivity contribution in [2.24, 2.45) is 0 Å². The summed E-state index contributed by atoms with van der Waals surface area (Å²) in [5.74, 6) is 0.320. The van der Waals surface area contributed by atoms with E-state index in [-0.39, 0.29) is 12.3 Å². The summed E-state index contributed by atoms with van der Waals surface area (Å²) in [6.07, 6.45) is 1.39. The number of alkyl halides is 1. The Labute approximate surface area is 127 Å². The van der Waals surface area contributed by atoms with Gasteiger partial charge in [0, 0.05) is 45.0 Å². The molecule has 0 radical (unpaired) electrons. The van der Waals surface area contributed by atoms with Gasteiger partial charge in [-0.3, -0.25) is 4.79 Å². The van der Waals surface area contributed by atoms with Crippen LogP contribution in [0.5, 0.6) is 0 Å². The molecule has 1 aliphatic rings. The van der Waals surface area contributed by atoms with Gasteiger partial charge in [-0.05, 0) is 0 Å². The summed E-state index contributed by atoms with van der Waals surface area (Å²) in [5.41, 5.74) is -0.0301. The van der Waals surface area contributed by atoms with E-state index < -0.39 is 5.60 Å². The topological polar surface area (TPSA) is 62.7 Å². The summed E-state index contributed by atoms with van der Waals surface area (Å²) in [7, 11) is 1.71. The zero-order valence-electron chi connectivity index (χ0n) is 11.5. The molecule has 0 spiro atoms. The van der Waals surface area contributed by atoms with E-state index in [1.807, 2.05) is 5.38 Å². The average Bonchev–Trinajstić information content (AvgIpc) is 2.86. The summed E-state index contributed by atoms with van der Waals surface area (Å²) < 4.78 is 5.23. The molecule has 1 N–H and O–H groups in total. The first-order chi connectivity index (χ1) is 9.52. The van der Waals surface area contributed by atoms with Crippen LogP contribution in [0.3, 0.4) is 0 Å². The van der Waals surface area contributed by atoms with Crippen molar-refractivity contribution >= 4 is 28.8 Å². The van der Waals surface area contributed by atoms with Gasteiger partial charge in [0.25, 0.3) is 0 Å². The van der Waals surface area contributed by atoms with Gasteiger partial charge in [-0.1, -0.05) is 0 Å². The van der Waals surface area contributed by atoms with Crippen molar-refractivity contribution in [2.75, 3.05) is 26.8 Å². The van der Waals surface area contributed by atoms with Crippen molar-refractivity contribution < 1.29 is 14.6 Å². The average molecular weight is 319 g/mol. The molecule has 0 atom stereocenters. The van der Waals surface area contributed by atoms with Crippen LogP contribution in [-0.2, 0) is 21.8 Å². The highest BCUT2D eigenvalue weighted by Crippen LogP contribution is 2.22. The molecular weight excluding hydrogens is 300 g/mol. The van der Waals surface area contributed by atoms with Crippen LogP contribution in [0.15, 0.2) is 5.38 Å². The highest BCUT2D eigenvalue weighted by atomic mass is 35.5. The van der Waals surface area contributed by atoms with E-state index in [0.29, 0.717) is 38.5 Å². The lowest BCUT2D eigenvalue weighted by Gasteiger charge is -2.35. The number of aliphatic hydroxyl groups is 1. The predicted molar refractivity (Wildman–Crippen MR) is 78.0 cm³/mol. The maximum absolute atomic E-state index is 12.1. The van der Waals surface area contributed by atoms with Gasteiger partial charge in [0.1, 0.15) is 5.01 Å². The van der Waals surface area contributed by atoms with E-state index in [1.54, 1.807) is 11.9 Å². The van der Waals surface area contributed by atoms with Crippen LogP contribution < -0.4 is 0 Å². The summed E-state index contributed by atoms with van der Waals surface area (Å²) in [4.78, 5) is 18.0. The Hall–Kier alpha value is -0.690. The van der Waals surface area contributed by atoms with Crippen LogP contribution in [0, 0.1) is 0 Å². The van der Waals surface area contributed by atoms with Crippen LogP contribution in [-0.4, -0.2) is 53.3 Å². The lowest BCUT2D eigenvalue weighted by molar-refractivity contribution is -0.136. The summed E-state index contributed by atoms with van der Waals surface area (Å²) in [6, 6.07) is 0. The van der Waals surface area contributed by atoms with Crippen molar-refractivity contribution in [3.8, 4) is 0 Å². The molecule has 1 fully saturated rings. The van der Waals surface area contributed by atoms with Crippen LogP contribution in [0.25, 0.3) is 0 Å². The van der Waals surface area contributed by atoms with E-state index in [1.165, 1.54) is 11.3 Å². The van der Waals surface area contributed by atoms with Gasteiger partial charge < -0.3 is 14.7 Å². The number of nitrogens with zero attached hydrogens (tertiary/aromatic N) is 2. The predicted octanol–water partition coefficient (Wildman–Crippen LogP) is 1.42. The van der Waals surface area contributed by atoms with Crippen LogP contribution in [0.1, 0.15) is 23.5 Å². The molecule has 1 amide bonds. The second-order valence-corrected chi connectivity index (χ2v) is 6.34. The normalized spacial score (nSPS) is 17.9. The van der Waals surface area contributed by atoms with Gasteiger partial charge in [-0.25, -0.2) is 4.98 Å². The minimum atomic E-state index is -0.827. The SMILES string of the molecule is CN(CC1(O)CCOCC1)C(=O)Cc1nc(CCl)cs1. The first kappa shape index (κ1) is 15.7. The second-order valence-electron chi connectivity index (χ2n) is 5.13. The Morgan fingerprint density at radius 1 is 1.60 bits per heavy atom. The largest absolute Gasteiger partial charge is 0.388 e. The number of carbonyl (C=O) groups is 1. The lowest BCUT2D eigenvalue weighted by atomic mass is 9.94. The van der Waals surface area contributed by atoms with E-state index >= 15 is 0 Å². The second kappa shape index (κ2) is 6.85. The molecule has 0 bridgehead atoms. The van der Waals surface area contributed by atoms with Crippen molar-refractivity contribution in [1.29, 1.82) is 0 Å². The van der Waals surface area contributed by atoms with Crippen molar-refractivity contribution in [2.45, 2.75) is 30.7 Å². The molecule has 7 heteroatoms. The molecule has 2 heterocycles. The Morgan fingerprint density at radius 2 is 2.30 bits per heavy atom. The van der Waals surface area contributed by atoms with Gasteiger partial charge >= 0.3 is 0 Å². The van der Waals surface area contributed by atoms with Crippen molar-refractivity contribution in [1.82, 2.24) is 9.88 Å². The smallest absolute Gasteiger partial charge is 0.229 e. The van der Waals surface area contributed by atoms with Gasteiger partial charge in [0.15, 0.2) is 0 Å². The molecule has 20 heavy (non-hydrogen) atoms. The number of aromatic nitrogens is 1. The summed E-state index contributed by atoms with van der Waals surface area (Å²) in [5, 5.41) is 13.0. The lowest BCUT2D eigenvalue weighted by Crippen LogP contribution is -2.47. The molecule has 1 saturated heterocycles. The monoisotopic (exact) mass is 318 g/mol. The third-order valence-corrected chi connectivity index (χ3v) is 4.59. The summed E-state index contributed by atoms with van der Waals surface area (Å²) in [6.45, 7) is 1.43. The number of hydrogen-bond acceptors (Lipinski definition) is 5. The van der Waals surface area contributed by atoms with Crippen molar-refractivity contribution in [3.05, 3.63) is 16.1 Å². The molecule has 2 rings (SSSR count). The molecule has 0 saturated carbocycles. The molecule has 0 unspecified atom stereocenters. The minimum absolute atomic E-state index is 0.0413. The Morgan fingerprint density at radius 3 is 2.90 bits per heavy atom. The third-order valence-electron chi connectivity index (χ3n) is 3.42. The molecule has 0 aromatic carbocycles. The number of ether oxygens (including phenoxy) is 1. The highest BCUT2D eigenvalue weighted by molar-refractivity contribution is 7.09. The van der Waals surface area contributed by atoms with Crippen molar-refractivity contribution in [3.63, 3.8) is 0 Å². The number of amides is 1. The van der Waals surface area contributed by atoms with Crippen LogP contribution in [0.2, 0.25) is 0 Å². The summed E-state index contributed by atoms with van der Waals surface area (Å²) >= 11 is 7.13. The van der Waals surface area contributed by atoms with Gasteiger partial charge in [0.05, 0.1) is 23.6 Å². The number of carbonyl (C=O) groups excluding carboxylic acids is 1. The molecule has 112 valence electrons. The van der Waals surface area contributed by atoms with Gasteiger partial charge in [-0.15, -0.1) is 22.9 Å². The zero-order chi connectivity index (χ0) is 14.6. The van der Waals surface area contributed by atoms with Crippen LogP contribution >= 0.6 is 22.9 Å². The van der Waals surface area contributed by atoms with Crippen LogP contribution in [0.4, 0.5) is 0 Å². The number of thiazole rings is 1.